The van der Waals surface area contributed by atoms with Crippen molar-refractivity contribution in [3.8, 4) is 0 Å². The SMILES string of the molecule is CC(=O)c1csc(N(C)CCc2ccncc2)n1. The first-order valence-electron chi connectivity index (χ1n) is 5.73. The van der Waals surface area contributed by atoms with Gasteiger partial charge in [0.25, 0.3) is 0 Å². The third kappa shape index (κ3) is 3.13. The first-order chi connectivity index (χ1) is 8.66. The molecule has 0 atom stereocenters. The quantitative estimate of drug-likeness (QED) is 0.775. The van der Waals surface area contributed by atoms with Gasteiger partial charge in [-0.15, -0.1) is 11.3 Å². The molecule has 0 radical (unpaired) electrons. The molecule has 2 aromatic rings. The molecule has 5 heteroatoms. The van der Waals surface area contributed by atoms with Crippen molar-refractivity contribution >= 4 is 22.3 Å². The molecule has 0 fully saturated rings. The van der Waals surface area contributed by atoms with E-state index in [0.717, 1.165) is 18.1 Å². The number of rotatable bonds is 5. The minimum absolute atomic E-state index is 0.0139. The third-order valence-electron chi connectivity index (χ3n) is 2.66. The Bertz CT molecular complexity index is 524. The van der Waals surface area contributed by atoms with Crippen molar-refractivity contribution in [2.75, 3.05) is 18.5 Å². The molecule has 0 aromatic carbocycles. The monoisotopic (exact) mass is 261 g/mol. The molecule has 0 aliphatic heterocycles. The Kier molecular flexibility index (Phi) is 4.04. The molecule has 0 saturated carbocycles. The summed E-state index contributed by atoms with van der Waals surface area (Å²) < 4.78 is 0. The van der Waals surface area contributed by atoms with Crippen LogP contribution in [-0.2, 0) is 6.42 Å². The van der Waals surface area contributed by atoms with Gasteiger partial charge in [-0.1, -0.05) is 0 Å². The van der Waals surface area contributed by atoms with Crippen molar-refractivity contribution < 1.29 is 4.79 Å². The summed E-state index contributed by atoms with van der Waals surface area (Å²) in [6.07, 6.45) is 4.53. The lowest BCUT2D eigenvalue weighted by atomic mass is 10.2. The Morgan fingerprint density at radius 1 is 1.39 bits per heavy atom. The summed E-state index contributed by atoms with van der Waals surface area (Å²) in [6, 6.07) is 4.02. The molecule has 0 amide bonds. The summed E-state index contributed by atoms with van der Waals surface area (Å²) in [6.45, 7) is 2.41. The topological polar surface area (TPSA) is 46.1 Å². The highest BCUT2D eigenvalue weighted by Crippen LogP contribution is 2.19. The van der Waals surface area contributed by atoms with Gasteiger partial charge in [0, 0.05) is 38.3 Å². The van der Waals surface area contributed by atoms with Crippen molar-refractivity contribution in [1.29, 1.82) is 0 Å². The molecule has 0 N–H and O–H groups in total. The molecular weight excluding hydrogens is 246 g/mol. The van der Waals surface area contributed by atoms with E-state index in [0.29, 0.717) is 5.69 Å². The summed E-state index contributed by atoms with van der Waals surface area (Å²) in [5.74, 6) is 0.0139. The van der Waals surface area contributed by atoms with Crippen molar-refractivity contribution in [3.63, 3.8) is 0 Å². The molecular formula is C13H15N3OS. The van der Waals surface area contributed by atoms with Gasteiger partial charge < -0.3 is 4.90 Å². The molecule has 0 aliphatic carbocycles. The second-order valence-corrected chi connectivity index (χ2v) is 4.94. The first-order valence-corrected chi connectivity index (χ1v) is 6.61. The highest BCUT2D eigenvalue weighted by Gasteiger charge is 2.09. The van der Waals surface area contributed by atoms with E-state index in [1.165, 1.54) is 23.8 Å². The van der Waals surface area contributed by atoms with Crippen molar-refractivity contribution in [3.05, 3.63) is 41.2 Å². The molecule has 0 saturated heterocycles. The van der Waals surface area contributed by atoms with E-state index in [2.05, 4.69) is 14.9 Å². The fourth-order valence-corrected chi connectivity index (χ4v) is 2.40. The normalized spacial score (nSPS) is 10.3. The van der Waals surface area contributed by atoms with Gasteiger partial charge in [-0.25, -0.2) is 4.98 Å². The molecule has 0 aliphatic rings. The Labute approximate surface area is 110 Å². The zero-order chi connectivity index (χ0) is 13.0. The lowest BCUT2D eigenvalue weighted by Gasteiger charge is -2.15. The number of Topliss-reactive ketones (excluding diaryl/α,β-unsaturated/α-hetero) is 1. The predicted octanol–water partition coefficient (Wildman–Crippen LogP) is 2.42. The lowest BCUT2D eigenvalue weighted by Crippen LogP contribution is -2.20. The average Bonchev–Trinajstić information content (AvgIpc) is 2.87. The van der Waals surface area contributed by atoms with Gasteiger partial charge in [0.1, 0.15) is 5.69 Å². The van der Waals surface area contributed by atoms with Gasteiger partial charge in [0.15, 0.2) is 10.9 Å². The number of hydrogen-bond donors (Lipinski definition) is 0. The summed E-state index contributed by atoms with van der Waals surface area (Å²) >= 11 is 1.50. The van der Waals surface area contributed by atoms with Gasteiger partial charge in [0.05, 0.1) is 0 Å². The van der Waals surface area contributed by atoms with E-state index in [9.17, 15) is 4.79 Å². The van der Waals surface area contributed by atoms with Crippen molar-refractivity contribution in [1.82, 2.24) is 9.97 Å². The van der Waals surface area contributed by atoms with Gasteiger partial charge in [-0.3, -0.25) is 9.78 Å². The van der Waals surface area contributed by atoms with E-state index in [-0.39, 0.29) is 5.78 Å². The Morgan fingerprint density at radius 2 is 2.11 bits per heavy atom. The fraction of sp³-hybridized carbons (Fsp3) is 0.308. The standard InChI is InChI=1S/C13H15N3OS/c1-10(17)12-9-18-13(15-12)16(2)8-5-11-3-6-14-7-4-11/h3-4,6-7,9H,5,8H2,1-2H3. The van der Waals surface area contributed by atoms with Crippen LogP contribution >= 0.6 is 11.3 Å². The molecule has 0 bridgehead atoms. The van der Waals surface area contributed by atoms with Crippen LogP contribution in [0.2, 0.25) is 0 Å². The average molecular weight is 261 g/mol. The maximum Gasteiger partial charge on any atom is 0.185 e. The number of carbonyl (C=O) groups excluding carboxylic acids is 1. The van der Waals surface area contributed by atoms with Crippen LogP contribution in [0.1, 0.15) is 23.0 Å². The fourth-order valence-electron chi connectivity index (χ4n) is 1.54. The predicted molar refractivity (Wildman–Crippen MR) is 73.3 cm³/mol. The minimum Gasteiger partial charge on any atom is -0.351 e. The summed E-state index contributed by atoms with van der Waals surface area (Å²) in [5.41, 5.74) is 1.80. The molecule has 2 rings (SSSR count). The zero-order valence-electron chi connectivity index (χ0n) is 10.5. The molecule has 4 nitrogen and oxygen atoms in total. The number of thiazole rings is 1. The third-order valence-corrected chi connectivity index (χ3v) is 3.62. The van der Waals surface area contributed by atoms with E-state index in [1.54, 1.807) is 17.8 Å². The number of nitrogens with zero attached hydrogens (tertiary/aromatic N) is 3. The summed E-state index contributed by atoms with van der Waals surface area (Å²) in [5, 5.41) is 2.69. The highest BCUT2D eigenvalue weighted by atomic mass is 32.1. The molecule has 2 aromatic heterocycles. The van der Waals surface area contributed by atoms with E-state index in [4.69, 9.17) is 0 Å². The van der Waals surface area contributed by atoms with E-state index in [1.807, 2.05) is 19.2 Å². The van der Waals surface area contributed by atoms with Gasteiger partial charge >= 0.3 is 0 Å². The van der Waals surface area contributed by atoms with Crippen LogP contribution in [0.15, 0.2) is 29.9 Å². The Hall–Kier alpha value is -1.75. The number of pyridine rings is 1. The number of ketones is 1. The molecule has 2 heterocycles. The number of hydrogen-bond acceptors (Lipinski definition) is 5. The highest BCUT2D eigenvalue weighted by molar-refractivity contribution is 7.13. The van der Waals surface area contributed by atoms with Crippen LogP contribution in [0.4, 0.5) is 5.13 Å². The first kappa shape index (κ1) is 12.7. The summed E-state index contributed by atoms with van der Waals surface area (Å²) in [7, 11) is 1.99. The molecule has 94 valence electrons. The van der Waals surface area contributed by atoms with Crippen LogP contribution in [0.25, 0.3) is 0 Å². The molecule has 0 spiro atoms. The van der Waals surface area contributed by atoms with Crippen molar-refractivity contribution in [2.24, 2.45) is 0 Å². The zero-order valence-corrected chi connectivity index (χ0v) is 11.3. The maximum atomic E-state index is 11.2. The van der Waals surface area contributed by atoms with Gasteiger partial charge in [-0.05, 0) is 24.1 Å². The summed E-state index contributed by atoms with van der Waals surface area (Å²) in [4.78, 5) is 21.5. The molecule has 0 unspecified atom stereocenters. The maximum absolute atomic E-state index is 11.2. The number of anilines is 1. The largest absolute Gasteiger partial charge is 0.351 e. The van der Waals surface area contributed by atoms with Gasteiger partial charge in [0.2, 0.25) is 0 Å². The number of likely N-dealkylation sites (N-methyl/N-ethyl adjacent to an activating group) is 1. The Morgan fingerprint density at radius 3 is 2.72 bits per heavy atom. The number of aromatic nitrogens is 2. The van der Waals surface area contributed by atoms with Crippen LogP contribution in [0, 0.1) is 0 Å². The van der Waals surface area contributed by atoms with Crippen LogP contribution in [-0.4, -0.2) is 29.3 Å². The van der Waals surface area contributed by atoms with Gasteiger partial charge in [-0.2, -0.15) is 0 Å². The van der Waals surface area contributed by atoms with Crippen LogP contribution in [0.5, 0.6) is 0 Å². The smallest absolute Gasteiger partial charge is 0.185 e. The minimum atomic E-state index is 0.0139. The van der Waals surface area contributed by atoms with E-state index >= 15 is 0 Å². The van der Waals surface area contributed by atoms with E-state index < -0.39 is 0 Å². The number of carbonyl (C=O) groups is 1. The second-order valence-electron chi connectivity index (χ2n) is 4.10. The molecule has 18 heavy (non-hydrogen) atoms. The lowest BCUT2D eigenvalue weighted by molar-refractivity contribution is 0.101. The van der Waals surface area contributed by atoms with Crippen LogP contribution < -0.4 is 4.90 Å². The Balaban J connectivity index is 1.95. The van der Waals surface area contributed by atoms with Crippen molar-refractivity contribution in [2.45, 2.75) is 13.3 Å². The second kappa shape index (κ2) is 5.73. The van der Waals surface area contributed by atoms with Crippen LogP contribution in [0.3, 0.4) is 0 Å².